The van der Waals surface area contributed by atoms with Gasteiger partial charge in [-0.05, 0) is 11.4 Å². The highest BCUT2D eigenvalue weighted by Crippen LogP contribution is 2.27. The third kappa shape index (κ3) is 8.32. The van der Waals surface area contributed by atoms with Gasteiger partial charge in [-0.1, -0.05) is 6.07 Å². The van der Waals surface area contributed by atoms with Gasteiger partial charge in [-0.15, -0.1) is 11.3 Å². The number of amides is 2. The number of carboxylic acids is 1. The number of ether oxygens (including phenoxy) is 1. The molecule has 7 nitrogen and oxygen atoms in total. The van der Waals surface area contributed by atoms with Gasteiger partial charge in [0.1, 0.15) is 0 Å². The molecule has 0 radical (unpaired) electrons. The van der Waals surface area contributed by atoms with E-state index in [1.807, 2.05) is 17.5 Å². The lowest BCUT2D eigenvalue weighted by Crippen LogP contribution is -2.32. The highest BCUT2D eigenvalue weighted by molar-refractivity contribution is 7.10. The van der Waals surface area contributed by atoms with Gasteiger partial charge in [0.25, 0.3) is 0 Å². The SMILES string of the molecule is COCCNC(=O)CCNC(=O)C[C@H](CC(=O)O)c1cccs1. The molecule has 128 valence electrons. The summed E-state index contributed by atoms with van der Waals surface area (Å²) in [6.45, 7) is 1.10. The Hall–Kier alpha value is -1.93. The van der Waals surface area contributed by atoms with Gasteiger partial charge in [-0.3, -0.25) is 14.4 Å². The van der Waals surface area contributed by atoms with Gasteiger partial charge in [0.2, 0.25) is 11.8 Å². The van der Waals surface area contributed by atoms with E-state index in [0.717, 1.165) is 4.88 Å². The first-order chi connectivity index (χ1) is 11.0. The smallest absolute Gasteiger partial charge is 0.304 e. The molecule has 0 aliphatic heterocycles. The van der Waals surface area contributed by atoms with Crippen LogP contribution in [0.25, 0.3) is 0 Å². The molecule has 0 unspecified atom stereocenters. The van der Waals surface area contributed by atoms with Crippen LogP contribution in [0.3, 0.4) is 0 Å². The quantitative estimate of drug-likeness (QED) is 0.520. The van der Waals surface area contributed by atoms with Crippen LogP contribution in [0.2, 0.25) is 0 Å². The summed E-state index contributed by atoms with van der Waals surface area (Å²) in [5.41, 5.74) is 0. The monoisotopic (exact) mass is 342 g/mol. The van der Waals surface area contributed by atoms with Gasteiger partial charge in [0.05, 0.1) is 13.0 Å². The van der Waals surface area contributed by atoms with E-state index in [4.69, 9.17) is 9.84 Å². The third-order valence-corrected chi connectivity index (χ3v) is 4.14. The predicted molar refractivity (Wildman–Crippen MR) is 86.4 cm³/mol. The van der Waals surface area contributed by atoms with Gasteiger partial charge >= 0.3 is 5.97 Å². The van der Waals surface area contributed by atoms with E-state index >= 15 is 0 Å². The van der Waals surface area contributed by atoms with Crippen LogP contribution >= 0.6 is 11.3 Å². The molecule has 1 heterocycles. The molecule has 1 atom stereocenters. The zero-order chi connectivity index (χ0) is 17.1. The average Bonchev–Trinajstić information content (AvgIpc) is 3.00. The Morgan fingerprint density at radius 2 is 1.96 bits per heavy atom. The Bertz CT molecular complexity index is 504. The lowest BCUT2D eigenvalue weighted by molar-refractivity contribution is -0.137. The summed E-state index contributed by atoms with van der Waals surface area (Å²) >= 11 is 1.44. The van der Waals surface area contributed by atoms with Gasteiger partial charge in [-0.25, -0.2) is 0 Å². The van der Waals surface area contributed by atoms with Gasteiger partial charge in [-0.2, -0.15) is 0 Å². The summed E-state index contributed by atoms with van der Waals surface area (Å²) in [6, 6.07) is 3.66. The summed E-state index contributed by atoms with van der Waals surface area (Å²) in [4.78, 5) is 35.2. The maximum Gasteiger partial charge on any atom is 0.304 e. The fraction of sp³-hybridized carbons (Fsp3) is 0.533. The van der Waals surface area contributed by atoms with Crippen LogP contribution in [-0.4, -0.2) is 49.7 Å². The summed E-state index contributed by atoms with van der Waals surface area (Å²) in [7, 11) is 1.55. The number of thiophene rings is 1. The minimum atomic E-state index is -0.936. The summed E-state index contributed by atoms with van der Waals surface area (Å²) in [5.74, 6) is -1.70. The van der Waals surface area contributed by atoms with Crippen molar-refractivity contribution in [3.63, 3.8) is 0 Å². The zero-order valence-corrected chi connectivity index (χ0v) is 13.9. The number of rotatable bonds is 11. The fourth-order valence-electron chi connectivity index (χ4n) is 2.00. The van der Waals surface area contributed by atoms with Crippen LogP contribution in [0, 0.1) is 0 Å². The van der Waals surface area contributed by atoms with Gasteiger partial charge in [0.15, 0.2) is 0 Å². The van der Waals surface area contributed by atoms with Crippen LogP contribution in [-0.2, 0) is 19.1 Å². The molecular weight excluding hydrogens is 320 g/mol. The second-order valence-electron chi connectivity index (χ2n) is 4.96. The van der Waals surface area contributed by atoms with E-state index < -0.39 is 5.97 Å². The summed E-state index contributed by atoms with van der Waals surface area (Å²) in [5, 5.41) is 16.1. The molecule has 3 N–H and O–H groups in total. The number of carboxylic acid groups (broad SMARTS) is 1. The Morgan fingerprint density at radius 3 is 2.57 bits per heavy atom. The summed E-state index contributed by atoms with van der Waals surface area (Å²) < 4.78 is 4.81. The van der Waals surface area contributed by atoms with Crippen molar-refractivity contribution in [1.82, 2.24) is 10.6 Å². The minimum absolute atomic E-state index is 0.0918. The first kappa shape index (κ1) is 19.1. The molecule has 0 fully saturated rings. The molecule has 0 saturated carbocycles. The van der Waals surface area contributed by atoms with Gasteiger partial charge < -0.3 is 20.5 Å². The van der Waals surface area contributed by atoms with Crippen molar-refractivity contribution in [1.29, 1.82) is 0 Å². The maximum atomic E-state index is 11.9. The second kappa shape index (κ2) is 10.7. The standard InChI is InChI=1S/C15H22N2O5S/c1-22-7-6-17-13(18)4-5-16-14(19)9-11(10-15(20)21)12-3-2-8-23-12/h2-3,8,11H,4-7,9-10H2,1H3,(H,16,19)(H,17,18)(H,20,21)/t11-/m1/s1. The number of carbonyl (C=O) groups excluding carboxylic acids is 2. The zero-order valence-electron chi connectivity index (χ0n) is 13.0. The molecule has 0 bridgehead atoms. The summed E-state index contributed by atoms with van der Waals surface area (Å²) in [6.07, 6.45) is 0.182. The molecule has 0 aliphatic carbocycles. The highest BCUT2D eigenvalue weighted by atomic mass is 32.1. The molecular formula is C15H22N2O5S. The number of hydrogen-bond acceptors (Lipinski definition) is 5. The molecule has 0 saturated heterocycles. The Kier molecular flexibility index (Phi) is 8.93. The predicted octanol–water partition coefficient (Wildman–Crippen LogP) is 0.965. The number of carbonyl (C=O) groups is 3. The highest BCUT2D eigenvalue weighted by Gasteiger charge is 2.20. The molecule has 0 aliphatic rings. The van der Waals surface area contributed by atoms with Crippen molar-refractivity contribution in [2.75, 3.05) is 26.8 Å². The Balaban J connectivity index is 2.33. The normalized spacial score (nSPS) is 11.7. The molecule has 0 aromatic carbocycles. The molecule has 1 aromatic rings. The van der Waals surface area contributed by atoms with E-state index in [2.05, 4.69) is 10.6 Å². The van der Waals surface area contributed by atoms with Crippen LogP contribution in [0.5, 0.6) is 0 Å². The maximum absolute atomic E-state index is 11.9. The average molecular weight is 342 g/mol. The third-order valence-electron chi connectivity index (χ3n) is 3.10. The largest absolute Gasteiger partial charge is 0.481 e. The second-order valence-corrected chi connectivity index (χ2v) is 5.94. The fourth-order valence-corrected chi connectivity index (χ4v) is 2.83. The number of methoxy groups -OCH3 is 1. The Labute approximate surface area is 139 Å². The topological polar surface area (TPSA) is 105 Å². The first-order valence-corrected chi connectivity index (χ1v) is 8.18. The van der Waals surface area contributed by atoms with Crippen LogP contribution in [0.1, 0.15) is 30.1 Å². The van der Waals surface area contributed by atoms with Crippen molar-refractivity contribution in [2.45, 2.75) is 25.2 Å². The Morgan fingerprint density at radius 1 is 1.22 bits per heavy atom. The number of aliphatic carboxylic acids is 1. The molecule has 2 amide bonds. The minimum Gasteiger partial charge on any atom is -0.481 e. The molecule has 0 spiro atoms. The van der Waals surface area contributed by atoms with Crippen molar-refractivity contribution in [2.24, 2.45) is 0 Å². The lowest BCUT2D eigenvalue weighted by Gasteiger charge is -2.13. The molecule has 8 heteroatoms. The molecule has 23 heavy (non-hydrogen) atoms. The van der Waals surface area contributed by atoms with Crippen LogP contribution in [0.15, 0.2) is 17.5 Å². The van der Waals surface area contributed by atoms with E-state index in [0.29, 0.717) is 13.2 Å². The molecule has 1 aromatic heterocycles. The van der Waals surface area contributed by atoms with Crippen molar-refractivity contribution < 1.29 is 24.2 Å². The number of hydrogen-bond donors (Lipinski definition) is 3. The van der Waals surface area contributed by atoms with E-state index in [-0.39, 0.29) is 43.5 Å². The van der Waals surface area contributed by atoms with Gasteiger partial charge in [0, 0.05) is 43.8 Å². The lowest BCUT2D eigenvalue weighted by atomic mass is 9.99. The number of nitrogens with one attached hydrogen (secondary N) is 2. The van der Waals surface area contributed by atoms with Crippen LogP contribution < -0.4 is 10.6 Å². The first-order valence-electron chi connectivity index (χ1n) is 7.30. The molecule has 1 rings (SSSR count). The van der Waals surface area contributed by atoms with E-state index in [1.165, 1.54) is 11.3 Å². The van der Waals surface area contributed by atoms with Crippen LogP contribution in [0.4, 0.5) is 0 Å². The van der Waals surface area contributed by atoms with Crippen molar-refractivity contribution in [3.05, 3.63) is 22.4 Å². The van der Waals surface area contributed by atoms with Crippen molar-refractivity contribution in [3.8, 4) is 0 Å². The van der Waals surface area contributed by atoms with E-state index in [1.54, 1.807) is 7.11 Å². The van der Waals surface area contributed by atoms with E-state index in [9.17, 15) is 14.4 Å². The van der Waals surface area contributed by atoms with Crippen molar-refractivity contribution >= 4 is 29.1 Å².